The molecule has 2 N–H and O–H groups in total. The van der Waals surface area contributed by atoms with Crippen LogP contribution in [0.25, 0.3) is 10.9 Å². The fourth-order valence-electron chi connectivity index (χ4n) is 3.14. The molecule has 0 amide bonds. The van der Waals surface area contributed by atoms with Gasteiger partial charge in [-0.2, -0.15) is 0 Å². The summed E-state index contributed by atoms with van der Waals surface area (Å²) in [6, 6.07) is 13.2. The lowest BCUT2D eigenvalue weighted by Crippen LogP contribution is -2.15. The molecule has 0 bridgehead atoms. The highest BCUT2D eigenvalue weighted by Crippen LogP contribution is 2.40. The molecular weight excluding hydrogens is 326 g/mol. The summed E-state index contributed by atoms with van der Waals surface area (Å²) in [7, 11) is 1.55. The van der Waals surface area contributed by atoms with Gasteiger partial charge in [0.2, 0.25) is 0 Å². The van der Waals surface area contributed by atoms with Gasteiger partial charge in [-0.1, -0.05) is 41.9 Å². The molecule has 1 aromatic heterocycles. The van der Waals surface area contributed by atoms with Gasteiger partial charge < -0.3 is 14.8 Å². The highest BCUT2D eigenvalue weighted by Gasteiger charge is 2.27. The highest BCUT2D eigenvalue weighted by atomic mass is 35.5. The first-order valence-corrected chi connectivity index (χ1v) is 8.02. The van der Waals surface area contributed by atoms with Crippen molar-refractivity contribution in [1.82, 2.24) is 4.98 Å². The Kier molecular flexibility index (Phi) is 4.49. The van der Waals surface area contributed by atoms with E-state index in [2.05, 4.69) is 4.98 Å². The number of aliphatic carboxylic acids is 1. The first-order chi connectivity index (χ1) is 11.5. The van der Waals surface area contributed by atoms with Gasteiger partial charge in [0.05, 0.1) is 18.1 Å². The van der Waals surface area contributed by atoms with Gasteiger partial charge in [-0.05, 0) is 36.6 Å². The van der Waals surface area contributed by atoms with Crippen LogP contribution >= 0.6 is 11.6 Å². The number of H-pyrrole nitrogens is 1. The van der Waals surface area contributed by atoms with Crippen LogP contribution < -0.4 is 4.74 Å². The SMILES string of the molecule is COc1ccc2[nH]c(C)c(C(Cc3ccccc3)C(=O)O)c2c1Cl. The Balaban J connectivity index is 2.17. The molecule has 1 unspecified atom stereocenters. The monoisotopic (exact) mass is 343 g/mol. The second-order valence-corrected chi connectivity index (χ2v) is 6.13. The lowest BCUT2D eigenvalue weighted by molar-refractivity contribution is -0.138. The van der Waals surface area contributed by atoms with Crippen LogP contribution in [0, 0.1) is 6.92 Å². The number of aryl methyl sites for hydroxylation is 1. The standard InChI is InChI=1S/C19H18ClNO3/c1-11-16(13(19(22)23)10-12-6-4-3-5-7-12)17-14(21-11)8-9-15(24-2)18(17)20/h3-9,13,21H,10H2,1-2H3,(H,22,23). The van der Waals surface area contributed by atoms with Crippen molar-refractivity contribution >= 4 is 28.5 Å². The average Bonchev–Trinajstić information content (AvgIpc) is 2.90. The third-order valence-electron chi connectivity index (χ3n) is 4.25. The number of carboxylic acid groups (broad SMARTS) is 1. The Morgan fingerprint density at radius 1 is 1.25 bits per heavy atom. The van der Waals surface area contributed by atoms with E-state index in [0.29, 0.717) is 22.8 Å². The van der Waals surface area contributed by atoms with Crippen LogP contribution in [0.5, 0.6) is 5.75 Å². The summed E-state index contributed by atoms with van der Waals surface area (Å²) in [5.74, 6) is -1.03. The van der Waals surface area contributed by atoms with E-state index in [0.717, 1.165) is 22.2 Å². The first kappa shape index (κ1) is 16.4. The number of carboxylic acids is 1. The van der Waals surface area contributed by atoms with Crippen LogP contribution in [0.2, 0.25) is 5.02 Å². The van der Waals surface area contributed by atoms with Gasteiger partial charge in [0.25, 0.3) is 0 Å². The fourth-order valence-corrected chi connectivity index (χ4v) is 3.48. The number of aromatic nitrogens is 1. The molecule has 1 heterocycles. The van der Waals surface area contributed by atoms with E-state index in [1.807, 2.05) is 43.3 Å². The van der Waals surface area contributed by atoms with Gasteiger partial charge in [-0.3, -0.25) is 4.79 Å². The van der Waals surface area contributed by atoms with Crippen LogP contribution in [-0.2, 0) is 11.2 Å². The number of carbonyl (C=O) groups is 1. The molecular formula is C19H18ClNO3. The number of aromatic amines is 1. The summed E-state index contributed by atoms with van der Waals surface area (Å²) in [6.45, 7) is 1.87. The molecule has 1 atom stereocenters. The Morgan fingerprint density at radius 3 is 2.58 bits per heavy atom. The molecule has 24 heavy (non-hydrogen) atoms. The van der Waals surface area contributed by atoms with Crippen LogP contribution in [0.15, 0.2) is 42.5 Å². The minimum Gasteiger partial charge on any atom is -0.495 e. The quantitative estimate of drug-likeness (QED) is 0.714. The molecule has 0 fully saturated rings. The number of hydrogen-bond donors (Lipinski definition) is 2. The van der Waals surface area contributed by atoms with Crippen molar-refractivity contribution in [3.63, 3.8) is 0 Å². The second kappa shape index (κ2) is 6.57. The maximum atomic E-state index is 12.0. The van der Waals surface area contributed by atoms with Gasteiger partial charge in [-0.15, -0.1) is 0 Å². The van der Waals surface area contributed by atoms with Crippen molar-refractivity contribution in [2.75, 3.05) is 7.11 Å². The summed E-state index contributed by atoms with van der Waals surface area (Å²) >= 11 is 6.47. The molecule has 0 aliphatic carbocycles. The van der Waals surface area contributed by atoms with Gasteiger partial charge in [-0.25, -0.2) is 0 Å². The zero-order valence-corrected chi connectivity index (χ0v) is 14.2. The second-order valence-electron chi connectivity index (χ2n) is 5.75. The van der Waals surface area contributed by atoms with Crippen LogP contribution in [0.3, 0.4) is 0 Å². The maximum absolute atomic E-state index is 12.0. The number of fused-ring (bicyclic) bond motifs is 1. The molecule has 0 radical (unpaired) electrons. The van der Waals surface area contributed by atoms with E-state index in [9.17, 15) is 9.90 Å². The average molecular weight is 344 g/mol. The fraction of sp³-hybridized carbons (Fsp3) is 0.211. The number of benzene rings is 2. The minimum absolute atomic E-state index is 0.400. The number of methoxy groups -OCH3 is 1. The summed E-state index contributed by atoms with van der Waals surface area (Å²) in [5.41, 5.74) is 3.30. The predicted molar refractivity (Wildman–Crippen MR) is 95.1 cm³/mol. The molecule has 124 valence electrons. The Bertz CT molecular complexity index is 887. The van der Waals surface area contributed by atoms with E-state index in [1.54, 1.807) is 13.2 Å². The molecule has 0 aliphatic rings. The Morgan fingerprint density at radius 2 is 1.96 bits per heavy atom. The Labute approximate surface area is 145 Å². The van der Waals surface area contributed by atoms with Crippen molar-refractivity contribution < 1.29 is 14.6 Å². The first-order valence-electron chi connectivity index (χ1n) is 7.64. The normalized spacial score (nSPS) is 12.3. The van der Waals surface area contributed by atoms with E-state index < -0.39 is 11.9 Å². The van der Waals surface area contributed by atoms with E-state index in [4.69, 9.17) is 16.3 Å². The van der Waals surface area contributed by atoms with E-state index in [-0.39, 0.29) is 0 Å². The van der Waals surface area contributed by atoms with Crippen LogP contribution in [0.4, 0.5) is 0 Å². The number of rotatable bonds is 5. The third-order valence-corrected chi connectivity index (χ3v) is 4.63. The molecule has 0 saturated heterocycles. The molecule has 3 aromatic rings. The van der Waals surface area contributed by atoms with Crippen molar-refractivity contribution in [2.24, 2.45) is 0 Å². The number of ether oxygens (including phenoxy) is 1. The summed E-state index contributed by atoms with van der Waals surface area (Å²) in [5, 5.41) is 11.0. The van der Waals surface area contributed by atoms with Crippen molar-refractivity contribution in [1.29, 1.82) is 0 Å². The van der Waals surface area contributed by atoms with E-state index in [1.165, 1.54) is 0 Å². The highest BCUT2D eigenvalue weighted by molar-refractivity contribution is 6.37. The van der Waals surface area contributed by atoms with Gasteiger partial charge in [0, 0.05) is 16.6 Å². The Hall–Kier alpha value is -2.46. The summed E-state index contributed by atoms with van der Waals surface area (Å²) in [4.78, 5) is 15.2. The third kappa shape index (κ3) is 2.85. The number of hydrogen-bond acceptors (Lipinski definition) is 2. The van der Waals surface area contributed by atoms with Crippen LogP contribution in [-0.4, -0.2) is 23.2 Å². The smallest absolute Gasteiger partial charge is 0.311 e. The zero-order valence-electron chi connectivity index (χ0n) is 13.5. The largest absolute Gasteiger partial charge is 0.495 e. The molecule has 3 rings (SSSR count). The number of halogens is 1. The van der Waals surface area contributed by atoms with Crippen LogP contribution in [0.1, 0.15) is 22.7 Å². The molecule has 0 spiro atoms. The lowest BCUT2D eigenvalue weighted by atomic mass is 9.90. The maximum Gasteiger partial charge on any atom is 0.311 e. The minimum atomic E-state index is -0.873. The van der Waals surface area contributed by atoms with Crippen molar-refractivity contribution in [3.8, 4) is 5.75 Å². The molecule has 2 aromatic carbocycles. The molecule has 0 saturated carbocycles. The molecule has 5 heteroatoms. The topological polar surface area (TPSA) is 62.3 Å². The summed E-state index contributed by atoms with van der Waals surface area (Å²) in [6.07, 6.45) is 0.400. The van der Waals surface area contributed by atoms with E-state index >= 15 is 0 Å². The predicted octanol–water partition coefficient (Wildman–Crippen LogP) is 4.55. The van der Waals surface area contributed by atoms with Crippen molar-refractivity contribution in [2.45, 2.75) is 19.3 Å². The number of nitrogens with one attached hydrogen (secondary N) is 1. The lowest BCUT2D eigenvalue weighted by Gasteiger charge is -2.14. The zero-order chi connectivity index (χ0) is 17.3. The van der Waals surface area contributed by atoms with Crippen molar-refractivity contribution in [3.05, 3.63) is 64.3 Å². The van der Waals surface area contributed by atoms with Gasteiger partial charge in [0.15, 0.2) is 0 Å². The van der Waals surface area contributed by atoms with Gasteiger partial charge in [0.1, 0.15) is 5.75 Å². The summed E-state index contributed by atoms with van der Waals surface area (Å²) < 4.78 is 5.28. The molecule has 4 nitrogen and oxygen atoms in total. The van der Waals surface area contributed by atoms with Gasteiger partial charge >= 0.3 is 5.97 Å². The molecule has 0 aliphatic heterocycles.